The minimum absolute atomic E-state index is 0.00619. The average molecular weight is 599 g/mol. The topological polar surface area (TPSA) is 196 Å². The van der Waals surface area contributed by atoms with E-state index in [9.17, 15) is 44.9 Å². The maximum absolute atomic E-state index is 14.4. The average Bonchev–Trinajstić information content (AvgIpc) is 3.21. The Morgan fingerprint density at radius 2 is 1.37 bits per heavy atom. The molecule has 0 saturated carbocycles. The lowest BCUT2D eigenvalue weighted by Crippen LogP contribution is -2.62. The molecule has 0 aromatic heterocycles. The van der Waals surface area contributed by atoms with Crippen LogP contribution < -0.4 is 0 Å². The van der Waals surface area contributed by atoms with E-state index in [1.54, 1.807) is 0 Å². The highest BCUT2D eigenvalue weighted by molar-refractivity contribution is 5.74. The molecule has 10 atom stereocenters. The molecule has 12 nitrogen and oxygen atoms in total. The highest BCUT2D eigenvalue weighted by atomic mass is 19.1. The Kier molecular flexibility index (Phi) is 16.4. The third-order valence-electron chi connectivity index (χ3n) is 7.85. The fraction of sp³-hybridized carbons (Fsp3) is 0.964. The van der Waals surface area contributed by atoms with E-state index in [1.807, 2.05) is 0 Å². The molecule has 0 spiro atoms. The summed E-state index contributed by atoms with van der Waals surface area (Å²) in [4.78, 5) is 12.1. The molecule has 0 unspecified atom stereocenters. The summed E-state index contributed by atoms with van der Waals surface area (Å²) in [6, 6.07) is 0. The van der Waals surface area contributed by atoms with Gasteiger partial charge in [-0.2, -0.15) is 0 Å². The van der Waals surface area contributed by atoms with Crippen molar-refractivity contribution in [3.63, 3.8) is 0 Å². The molecule has 0 aromatic carbocycles. The van der Waals surface area contributed by atoms with Crippen LogP contribution in [0.5, 0.6) is 0 Å². The van der Waals surface area contributed by atoms with E-state index in [-0.39, 0.29) is 6.42 Å². The Hall–Kier alpha value is -1.00. The SMILES string of the molecule is CCCCCCCCCCCCCC[C@@H](F)C(=O)OC[C@H]1O[C@](CO)(O[C@H]2O[C@@H](CO)[C@@H](O)[C@@H](O)[C@H]2O)[C@@H](O)[C@H]1O. The number of carbonyl (C=O) groups is 1. The van der Waals surface area contributed by atoms with Crippen LogP contribution in [0.25, 0.3) is 0 Å². The predicted molar refractivity (Wildman–Crippen MR) is 143 cm³/mol. The lowest BCUT2D eigenvalue weighted by atomic mass is 9.99. The second kappa shape index (κ2) is 18.6. The fourth-order valence-corrected chi connectivity index (χ4v) is 5.16. The Morgan fingerprint density at radius 1 is 0.805 bits per heavy atom. The van der Waals surface area contributed by atoms with Crippen LogP contribution in [0.4, 0.5) is 4.39 Å². The van der Waals surface area contributed by atoms with Gasteiger partial charge in [0.05, 0.1) is 6.61 Å². The van der Waals surface area contributed by atoms with E-state index in [4.69, 9.17) is 18.9 Å². The number of aliphatic hydroxyl groups is 7. The lowest BCUT2D eigenvalue weighted by Gasteiger charge is -2.43. The van der Waals surface area contributed by atoms with E-state index in [0.717, 1.165) is 25.7 Å². The standard InChI is InChI=1S/C28H51FO12/c1-2-3-4-5-6-7-8-9-10-11-12-13-14-18(29)26(37)38-16-20-22(33)25(36)28(17-31,40-20)41-27-24(35)23(34)21(32)19(15-30)39-27/h18-25,27,30-36H,2-17H2,1H3/t18-,19+,20-,21-,22+,23-,24-,25+,27-,28-/m1/s1. The normalized spacial score (nSPS) is 34.6. The molecule has 0 aliphatic carbocycles. The highest BCUT2D eigenvalue weighted by Crippen LogP contribution is 2.36. The van der Waals surface area contributed by atoms with E-state index in [0.29, 0.717) is 6.42 Å². The summed E-state index contributed by atoms with van der Waals surface area (Å²) in [5, 5.41) is 70.2. The largest absolute Gasteiger partial charge is 0.461 e. The van der Waals surface area contributed by atoms with Crippen LogP contribution in [0.1, 0.15) is 90.4 Å². The van der Waals surface area contributed by atoms with E-state index < -0.39 is 86.8 Å². The molecule has 41 heavy (non-hydrogen) atoms. The molecule has 2 saturated heterocycles. The van der Waals surface area contributed by atoms with Crippen molar-refractivity contribution in [3.05, 3.63) is 0 Å². The minimum atomic E-state index is -2.38. The number of unbranched alkanes of at least 4 members (excludes halogenated alkanes) is 11. The smallest absolute Gasteiger partial charge is 0.340 e. The second-order valence-electron chi connectivity index (χ2n) is 11.2. The van der Waals surface area contributed by atoms with Gasteiger partial charge in [-0.25, -0.2) is 9.18 Å². The van der Waals surface area contributed by atoms with Crippen molar-refractivity contribution >= 4 is 5.97 Å². The van der Waals surface area contributed by atoms with Gasteiger partial charge in [0.1, 0.15) is 55.9 Å². The Balaban J connectivity index is 1.70. The number of hydrogen-bond donors (Lipinski definition) is 7. The molecule has 2 fully saturated rings. The molecule has 0 amide bonds. The number of carbonyl (C=O) groups excluding carboxylic acids is 1. The molecule has 7 N–H and O–H groups in total. The van der Waals surface area contributed by atoms with Crippen molar-refractivity contribution in [2.24, 2.45) is 0 Å². The summed E-state index contributed by atoms with van der Waals surface area (Å²) in [6.45, 7) is -0.258. The maximum atomic E-state index is 14.4. The quantitative estimate of drug-likeness (QED) is 0.0762. The molecule has 0 radical (unpaired) electrons. The molecular formula is C28H51FO12. The van der Waals surface area contributed by atoms with Crippen molar-refractivity contribution in [1.29, 1.82) is 0 Å². The van der Waals surface area contributed by atoms with Gasteiger partial charge < -0.3 is 54.7 Å². The summed E-state index contributed by atoms with van der Waals surface area (Å²) >= 11 is 0. The van der Waals surface area contributed by atoms with Crippen LogP contribution in [-0.4, -0.2) is 123 Å². The highest BCUT2D eigenvalue weighted by Gasteiger charge is 2.58. The number of hydrogen-bond acceptors (Lipinski definition) is 12. The van der Waals surface area contributed by atoms with Crippen molar-refractivity contribution in [2.45, 2.75) is 151 Å². The first-order valence-electron chi connectivity index (χ1n) is 15.1. The Bertz CT molecular complexity index is 730. The van der Waals surface area contributed by atoms with E-state index in [1.165, 1.54) is 44.9 Å². The van der Waals surface area contributed by atoms with Crippen LogP contribution in [0.15, 0.2) is 0 Å². The summed E-state index contributed by atoms with van der Waals surface area (Å²) in [7, 11) is 0. The Labute approximate surface area is 241 Å². The van der Waals surface area contributed by atoms with Crippen LogP contribution in [0, 0.1) is 0 Å². The first-order chi connectivity index (χ1) is 19.6. The molecule has 0 bridgehead atoms. The molecule has 0 aromatic rings. The van der Waals surface area contributed by atoms with Crippen molar-refractivity contribution < 1.29 is 63.9 Å². The lowest BCUT2D eigenvalue weighted by molar-refractivity contribution is -0.383. The number of ether oxygens (including phenoxy) is 4. The maximum Gasteiger partial charge on any atom is 0.340 e. The van der Waals surface area contributed by atoms with Gasteiger partial charge in [-0.05, 0) is 12.8 Å². The summed E-state index contributed by atoms with van der Waals surface area (Å²) in [6.07, 6.45) is -2.01. The summed E-state index contributed by atoms with van der Waals surface area (Å²) < 4.78 is 35.3. The minimum Gasteiger partial charge on any atom is -0.461 e. The van der Waals surface area contributed by atoms with E-state index >= 15 is 0 Å². The van der Waals surface area contributed by atoms with Crippen LogP contribution in [0.2, 0.25) is 0 Å². The predicted octanol–water partition coefficient (Wildman–Crippen LogP) is 0.585. The van der Waals surface area contributed by atoms with Gasteiger partial charge in [-0.3, -0.25) is 0 Å². The fourth-order valence-electron chi connectivity index (χ4n) is 5.16. The van der Waals surface area contributed by atoms with E-state index in [2.05, 4.69) is 6.92 Å². The monoisotopic (exact) mass is 598 g/mol. The number of esters is 1. The number of aliphatic hydroxyl groups excluding tert-OH is 7. The number of halogens is 1. The number of alkyl halides is 1. The third-order valence-corrected chi connectivity index (χ3v) is 7.85. The van der Waals surface area contributed by atoms with Gasteiger partial charge in [-0.1, -0.05) is 77.6 Å². The molecule has 13 heteroatoms. The zero-order valence-electron chi connectivity index (χ0n) is 24.1. The van der Waals surface area contributed by atoms with Crippen LogP contribution in [-0.2, 0) is 23.7 Å². The first-order valence-corrected chi connectivity index (χ1v) is 15.1. The molecule has 242 valence electrons. The van der Waals surface area contributed by atoms with Gasteiger partial charge in [0.25, 0.3) is 0 Å². The molecule has 2 aliphatic heterocycles. The first kappa shape index (κ1) is 36.2. The Morgan fingerprint density at radius 3 is 1.90 bits per heavy atom. The van der Waals surface area contributed by atoms with Crippen LogP contribution >= 0.6 is 0 Å². The third kappa shape index (κ3) is 10.6. The van der Waals surface area contributed by atoms with Crippen molar-refractivity contribution in [1.82, 2.24) is 0 Å². The molecule has 2 aliphatic rings. The molecule has 2 rings (SSSR count). The van der Waals surface area contributed by atoms with Crippen molar-refractivity contribution in [2.75, 3.05) is 19.8 Å². The van der Waals surface area contributed by atoms with Gasteiger partial charge in [-0.15, -0.1) is 0 Å². The summed E-state index contributed by atoms with van der Waals surface area (Å²) in [5.74, 6) is -3.52. The number of rotatable bonds is 20. The van der Waals surface area contributed by atoms with Crippen LogP contribution in [0.3, 0.4) is 0 Å². The summed E-state index contributed by atoms with van der Waals surface area (Å²) in [5.41, 5.74) is 0. The van der Waals surface area contributed by atoms with Gasteiger partial charge in [0.15, 0.2) is 12.5 Å². The zero-order chi connectivity index (χ0) is 30.4. The van der Waals surface area contributed by atoms with Gasteiger partial charge in [0, 0.05) is 0 Å². The molecular weight excluding hydrogens is 547 g/mol. The zero-order valence-corrected chi connectivity index (χ0v) is 24.1. The molecule has 2 heterocycles. The van der Waals surface area contributed by atoms with Crippen molar-refractivity contribution in [3.8, 4) is 0 Å². The van der Waals surface area contributed by atoms with Gasteiger partial charge in [0.2, 0.25) is 5.79 Å². The van der Waals surface area contributed by atoms with Gasteiger partial charge >= 0.3 is 5.97 Å². The second-order valence-corrected chi connectivity index (χ2v) is 11.2.